The van der Waals surface area contributed by atoms with E-state index in [1.165, 1.54) is 0 Å². The topological polar surface area (TPSA) is 80.3 Å². The molecule has 0 saturated heterocycles. The van der Waals surface area contributed by atoms with E-state index in [0.29, 0.717) is 12.8 Å². The maximum atomic E-state index is 9.98. The van der Waals surface area contributed by atoms with Gasteiger partial charge in [-0.05, 0) is 25.7 Å². The Morgan fingerprint density at radius 1 is 0.714 bits per heavy atom. The standard InChI is InChI=1S/C9H16O4.Sn/c10-8(11)6-4-2-1-3-5-7-9(12)13;/h1-7H2,(H,10,11)(H,12,13);/q;+2/p-2. The van der Waals surface area contributed by atoms with E-state index in [1.807, 2.05) is 0 Å². The van der Waals surface area contributed by atoms with Crippen LogP contribution in [0.4, 0.5) is 0 Å². The van der Waals surface area contributed by atoms with E-state index >= 15 is 0 Å². The Balaban J connectivity index is 0. The number of carbonyl (C=O) groups is 2. The van der Waals surface area contributed by atoms with Gasteiger partial charge in [-0.25, -0.2) is 0 Å². The van der Waals surface area contributed by atoms with E-state index in [1.54, 1.807) is 0 Å². The molecule has 0 bridgehead atoms. The number of rotatable bonds is 8. The van der Waals surface area contributed by atoms with Gasteiger partial charge in [0.2, 0.25) is 0 Å². The van der Waals surface area contributed by atoms with Crippen LogP contribution < -0.4 is 10.2 Å². The van der Waals surface area contributed by atoms with Crippen molar-refractivity contribution < 1.29 is 19.8 Å². The van der Waals surface area contributed by atoms with Crippen molar-refractivity contribution in [3.05, 3.63) is 0 Å². The number of unbranched alkanes of at least 4 members (excludes halogenated alkanes) is 4. The predicted molar refractivity (Wildman–Crippen MR) is 48.1 cm³/mol. The van der Waals surface area contributed by atoms with Crippen LogP contribution in [0, 0.1) is 0 Å². The van der Waals surface area contributed by atoms with E-state index in [-0.39, 0.29) is 36.7 Å². The number of hydrogen-bond donors (Lipinski definition) is 0. The minimum Gasteiger partial charge on any atom is -0.550 e. The SMILES string of the molecule is O=C([O-])CCCCCCCC(=O)[O-].[Sn+2]. The van der Waals surface area contributed by atoms with Gasteiger partial charge in [-0.1, -0.05) is 19.3 Å². The van der Waals surface area contributed by atoms with Crippen LogP contribution in [0.25, 0.3) is 0 Å². The zero-order valence-corrected chi connectivity index (χ0v) is 10.9. The van der Waals surface area contributed by atoms with Crippen LogP contribution in [0.15, 0.2) is 0 Å². The number of carboxylic acids is 2. The fraction of sp³-hybridized carbons (Fsp3) is 0.778. The Hall–Kier alpha value is -0.261. The van der Waals surface area contributed by atoms with Crippen molar-refractivity contribution >= 4 is 35.8 Å². The van der Waals surface area contributed by atoms with Gasteiger partial charge in [-0.2, -0.15) is 0 Å². The predicted octanol–water partition coefficient (Wildman–Crippen LogP) is -1.16. The van der Waals surface area contributed by atoms with E-state index in [2.05, 4.69) is 0 Å². The number of aliphatic carboxylic acids is 2. The van der Waals surface area contributed by atoms with Crippen molar-refractivity contribution in [3.63, 3.8) is 0 Å². The van der Waals surface area contributed by atoms with Crippen molar-refractivity contribution in [1.29, 1.82) is 0 Å². The fourth-order valence-corrected chi connectivity index (χ4v) is 1.07. The quantitative estimate of drug-likeness (QED) is 0.418. The second kappa shape index (κ2) is 10.8. The Bertz CT molecular complexity index is 152. The van der Waals surface area contributed by atoms with E-state index in [9.17, 15) is 19.8 Å². The summed E-state index contributed by atoms with van der Waals surface area (Å²) in [6, 6.07) is 0. The first-order valence-corrected chi connectivity index (χ1v) is 4.52. The number of carbonyl (C=O) groups excluding carboxylic acids is 2. The molecule has 2 radical (unpaired) electrons. The first-order valence-electron chi connectivity index (χ1n) is 4.52. The maximum Gasteiger partial charge on any atom is 2.00 e. The van der Waals surface area contributed by atoms with E-state index in [0.717, 1.165) is 19.3 Å². The van der Waals surface area contributed by atoms with Crippen molar-refractivity contribution in [2.75, 3.05) is 0 Å². The van der Waals surface area contributed by atoms with Gasteiger partial charge in [0.05, 0.1) is 0 Å². The minimum atomic E-state index is -1.02. The maximum absolute atomic E-state index is 9.98. The van der Waals surface area contributed by atoms with Crippen LogP contribution in [-0.4, -0.2) is 35.8 Å². The minimum absolute atomic E-state index is 0. The van der Waals surface area contributed by atoms with Crippen molar-refractivity contribution in [1.82, 2.24) is 0 Å². The molecule has 0 aromatic heterocycles. The van der Waals surface area contributed by atoms with Crippen LogP contribution in [0.1, 0.15) is 44.9 Å². The van der Waals surface area contributed by atoms with Crippen LogP contribution in [0.3, 0.4) is 0 Å². The van der Waals surface area contributed by atoms with Gasteiger partial charge >= 0.3 is 23.9 Å². The van der Waals surface area contributed by atoms with Gasteiger partial charge in [0, 0.05) is 11.9 Å². The number of hydrogen-bond acceptors (Lipinski definition) is 4. The van der Waals surface area contributed by atoms with Gasteiger partial charge in [0.1, 0.15) is 0 Å². The molecule has 0 fully saturated rings. The molecule has 0 saturated carbocycles. The summed E-state index contributed by atoms with van der Waals surface area (Å²) in [4.78, 5) is 20.0. The van der Waals surface area contributed by atoms with E-state index in [4.69, 9.17) is 0 Å². The second-order valence-corrected chi connectivity index (χ2v) is 3.01. The smallest absolute Gasteiger partial charge is 0.550 e. The van der Waals surface area contributed by atoms with Gasteiger partial charge in [0.25, 0.3) is 0 Å². The molecular formula is C9H14O4Sn. The van der Waals surface area contributed by atoms with Crippen LogP contribution in [0.2, 0.25) is 0 Å². The largest absolute Gasteiger partial charge is 2.00 e. The molecule has 0 spiro atoms. The summed E-state index contributed by atoms with van der Waals surface area (Å²) in [5, 5.41) is 20.0. The van der Waals surface area contributed by atoms with Crippen molar-refractivity contribution in [3.8, 4) is 0 Å². The molecule has 0 heterocycles. The van der Waals surface area contributed by atoms with Gasteiger partial charge in [0.15, 0.2) is 0 Å². The first kappa shape index (κ1) is 16.2. The molecule has 0 aliphatic rings. The monoisotopic (exact) mass is 306 g/mol. The molecule has 0 amide bonds. The van der Waals surface area contributed by atoms with Crippen LogP contribution >= 0.6 is 0 Å². The second-order valence-electron chi connectivity index (χ2n) is 3.01. The van der Waals surface area contributed by atoms with Gasteiger partial charge in [-0.3, -0.25) is 0 Å². The summed E-state index contributed by atoms with van der Waals surface area (Å²) in [5.41, 5.74) is 0. The van der Waals surface area contributed by atoms with Gasteiger partial charge in [-0.15, -0.1) is 0 Å². The molecule has 78 valence electrons. The molecule has 0 rings (SSSR count). The molecule has 5 heteroatoms. The third kappa shape index (κ3) is 14.3. The molecule has 0 atom stereocenters. The Morgan fingerprint density at radius 3 is 1.29 bits per heavy atom. The average molecular weight is 305 g/mol. The molecule has 0 aromatic rings. The Kier molecular flexibility index (Phi) is 12.5. The van der Waals surface area contributed by atoms with Gasteiger partial charge < -0.3 is 19.8 Å². The summed E-state index contributed by atoms with van der Waals surface area (Å²) >= 11 is 0. The zero-order chi connectivity index (χ0) is 10.1. The van der Waals surface area contributed by atoms with Crippen LogP contribution in [-0.2, 0) is 9.59 Å². The Morgan fingerprint density at radius 2 is 1.00 bits per heavy atom. The fourth-order valence-electron chi connectivity index (χ4n) is 1.07. The molecule has 0 aliphatic heterocycles. The molecule has 0 aromatic carbocycles. The Labute approximate surface area is 101 Å². The molecule has 0 N–H and O–H groups in total. The third-order valence-corrected chi connectivity index (χ3v) is 1.76. The van der Waals surface area contributed by atoms with Crippen LogP contribution in [0.5, 0.6) is 0 Å². The normalized spacial score (nSPS) is 9.14. The molecule has 14 heavy (non-hydrogen) atoms. The molecule has 4 nitrogen and oxygen atoms in total. The van der Waals surface area contributed by atoms with E-state index < -0.39 is 11.9 Å². The summed E-state index contributed by atoms with van der Waals surface area (Å²) < 4.78 is 0. The average Bonchev–Trinajstić information content (AvgIpc) is 2.01. The molecule has 0 unspecified atom stereocenters. The summed E-state index contributed by atoms with van der Waals surface area (Å²) in [6.45, 7) is 0. The summed E-state index contributed by atoms with van der Waals surface area (Å²) in [5.74, 6) is -2.04. The van der Waals surface area contributed by atoms with Crippen molar-refractivity contribution in [2.24, 2.45) is 0 Å². The first-order chi connectivity index (χ1) is 6.13. The third-order valence-electron chi connectivity index (χ3n) is 1.76. The van der Waals surface area contributed by atoms with Crippen molar-refractivity contribution in [2.45, 2.75) is 44.9 Å². The summed E-state index contributed by atoms with van der Waals surface area (Å²) in [6.07, 6.45) is 3.95. The molecule has 0 aliphatic carbocycles. The zero-order valence-electron chi connectivity index (χ0n) is 8.08. The summed E-state index contributed by atoms with van der Waals surface area (Å²) in [7, 11) is 0. The number of carboxylic acid groups (broad SMARTS) is 2. The molecular weight excluding hydrogens is 291 g/mol.